The largest absolute Gasteiger partial charge is 0.361 e. The van der Waals surface area contributed by atoms with Gasteiger partial charge in [0.25, 0.3) is 5.91 Å². The lowest BCUT2D eigenvalue weighted by Gasteiger charge is -2.20. The molecule has 1 amide bonds. The van der Waals surface area contributed by atoms with E-state index in [4.69, 9.17) is 4.52 Å². The minimum Gasteiger partial charge on any atom is -0.361 e. The third kappa shape index (κ3) is 4.16. The molecule has 0 saturated carbocycles. The molecule has 124 valence electrons. The van der Waals surface area contributed by atoms with Crippen molar-refractivity contribution in [3.05, 3.63) is 34.5 Å². The van der Waals surface area contributed by atoms with Crippen LogP contribution in [0.25, 0.3) is 0 Å². The van der Waals surface area contributed by atoms with Gasteiger partial charge in [-0.1, -0.05) is 5.16 Å². The topological polar surface area (TPSA) is 49.6 Å². The van der Waals surface area contributed by atoms with Crippen LogP contribution in [0, 0.1) is 6.92 Å². The first-order valence-corrected chi connectivity index (χ1v) is 9.77. The Morgan fingerprint density at radius 3 is 2.91 bits per heavy atom. The van der Waals surface area contributed by atoms with E-state index < -0.39 is 0 Å². The zero-order valence-corrected chi connectivity index (χ0v) is 15.1. The molecule has 1 fully saturated rings. The first kappa shape index (κ1) is 16.5. The molecular weight excluding hydrogens is 330 g/mol. The minimum atomic E-state index is 0.162. The number of hydrogen-bond donors (Lipinski definition) is 0. The molecule has 0 aromatic carbocycles. The molecule has 0 radical (unpaired) electrons. The van der Waals surface area contributed by atoms with Crippen molar-refractivity contribution >= 4 is 29.0 Å². The molecule has 3 rings (SSSR count). The summed E-state index contributed by atoms with van der Waals surface area (Å²) in [6.07, 6.45) is 3.03. The maximum atomic E-state index is 12.6. The third-order valence-corrected chi connectivity index (χ3v) is 6.09. The Morgan fingerprint density at radius 2 is 2.22 bits per heavy atom. The molecule has 1 saturated heterocycles. The van der Waals surface area contributed by atoms with Crippen molar-refractivity contribution in [3.8, 4) is 0 Å². The molecule has 0 atom stereocenters. The van der Waals surface area contributed by atoms with E-state index in [1.807, 2.05) is 36.3 Å². The Balaban J connectivity index is 1.58. The van der Waals surface area contributed by atoms with Gasteiger partial charge in [-0.2, -0.15) is 0 Å². The van der Waals surface area contributed by atoms with Gasteiger partial charge in [0.15, 0.2) is 0 Å². The van der Waals surface area contributed by atoms with Crippen molar-refractivity contribution in [2.24, 2.45) is 0 Å². The van der Waals surface area contributed by atoms with Gasteiger partial charge in [0.1, 0.15) is 5.76 Å². The molecule has 3 heterocycles. The van der Waals surface area contributed by atoms with Crippen LogP contribution < -0.4 is 0 Å². The molecule has 23 heavy (non-hydrogen) atoms. The molecule has 7 heteroatoms. The van der Waals surface area contributed by atoms with Crippen LogP contribution in [0.2, 0.25) is 0 Å². The summed E-state index contributed by atoms with van der Waals surface area (Å²) in [7, 11) is 0. The normalized spacial score (nSPS) is 16.5. The lowest BCUT2D eigenvalue weighted by molar-refractivity contribution is 0.0766. The first-order valence-electron chi connectivity index (χ1n) is 7.73. The van der Waals surface area contributed by atoms with Gasteiger partial charge < -0.3 is 9.42 Å². The quantitative estimate of drug-likeness (QED) is 0.792. The Hall–Kier alpha value is -1.31. The number of thioether (sulfide) groups is 1. The number of aryl methyl sites for hydroxylation is 1. The summed E-state index contributed by atoms with van der Waals surface area (Å²) >= 11 is 3.27. The highest BCUT2D eigenvalue weighted by Gasteiger charge is 2.22. The number of thiophene rings is 1. The first-order chi connectivity index (χ1) is 11.2. The lowest BCUT2D eigenvalue weighted by Crippen LogP contribution is -2.34. The number of aromatic nitrogens is 1. The molecule has 0 N–H and O–H groups in total. The average Bonchev–Trinajstić information content (AvgIpc) is 3.12. The summed E-state index contributed by atoms with van der Waals surface area (Å²) in [4.78, 5) is 17.8. The summed E-state index contributed by atoms with van der Waals surface area (Å²) in [5.41, 5.74) is 0.963. The maximum absolute atomic E-state index is 12.6. The van der Waals surface area contributed by atoms with Crippen LogP contribution in [0.5, 0.6) is 0 Å². The van der Waals surface area contributed by atoms with Crippen LogP contribution in [0.15, 0.2) is 26.9 Å². The fourth-order valence-electron chi connectivity index (χ4n) is 2.75. The van der Waals surface area contributed by atoms with Crippen molar-refractivity contribution in [1.82, 2.24) is 15.0 Å². The van der Waals surface area contributed by atoms with Gasteiger partial charge in [0.05, 0.1) is 14.8 Å². The van der Waals surface area contributed by atoms with Crippen LogP contribution in [-0.2, 0) is 6.54 Å². The minimum absolute atomic E-state index is 0.162. The Bertz CT molecular complexity index is 668. The van der Waals surface area contributed by atoms with E-state index in [-0.39, 0.29) is 5.91 Å². The van der Waals surface area contributed by atoms with Crippen LogP contribution in [-0.4, -0.2) is 53.3 Å². The van der Waals surface area contributed by atoms with E-state index in [2.05, 4.69) is 10.1 Å². The van der Waals surface area contributed by atoms with Crippen molar-refractivity contribution in [3.63, 3.8) is 0 Å². The number of hydrogen-bond acceptors (Lipinski definition) is 6. The molecule has 0 aliphatic carbocycles. The van der Waals surface area contributed by atoms with E-state index in [9.17, 15) is 4.79 Å². The van der Waals surface area contributed by atoms with Crippen molar-refractivity contribution in [1.29, 1.82) is 0 Å². The predicted molar refractivity (Wildman–Crippen MR) is 93.1 cm³/mol. The molecule has 2 aromatic heterocycles. The van der Waals surface area contributed by atoms with Crippen molar-refractivity contribution in [2.45, 2.75) is 24.1 Å². The predicted octanol–water partition coefficient (Wildman–Crippen LogP) is 3.11. The van der Waals surface area contributed by atoms with Crippen LogP contribution in [0.4, 0.5) is 0 Å². The second-order valence-corrected chi connectivity index (χ2v) is 7.86. The van der Waals surface area contributed by atoms with Crippen LogP contribution in [0.1, 0.15) is 27.5 Å². The van der Waals surface area contributed by atoms with E-state index >= 15 is 0 Å². The maximum Gasteiger partial charge on any atom is 0.264 e. The standard InChI is InChI=1S/C16H21N3O2S2/c1-12-10-13(17-21-12)11-18-6-3-7-19(9-8-18)16(20)14-4-5-15(22-2)23-14/h4-5,10H,3,6-9,11H2,1-2H3. The fraction of sp³-hybridized carbons (Fsp3) is 0.500. The second kappa shape index (κ2) is 7.51. The van der Waals surface area contributed by atoms with Gasteiger partial charge in [-0.25, -0.2) is 0 Å². The molecular formula is C16H21N3O2S2. The van der Waals surface area contributed by atoms with E-state index in [0.29, 0.717) is 0 Å². The Morgan fingerprint density at radius 1 is 1.35 bits per heavy atom. The zero-order valence-electron chi connectivity index (χ0n) is 13.4. The molecule has 0 bridgehead atoms. The summed E-state index contributed by atoms with van der Waals surface area (Å²) in [6, 6.07) is 5.95. The molecule has 0 spiro atoms. The number of carbonyl (C=O) groups is 1. The van der Waals surface area contributed by atoms with Gasteiger partial charge in [-0.05, 0) is 31.7 Å². The number of rotatable bonds is 4. The molecule has 2 aromatic rings. The summed E-state index contributed by atoms with van der Waals surface area (Å²) < 4.78 is 6.31. The second-order valence-electron chi connectivity index (χ2n) is 5.67. The van der Waals surface area contributed by atoms with Gasteiger partial charge in [-0.3, -0.25) is 9.69 Å². The van der Waals surface area contributed by atoms with E-state index in [0.717, 1.165) is 55.5 Å². The molecule has 1 aliphatic heterocycles. The third-order valence-electron chi connectivity index (χ3n) is 3.93. The number of amides is 1. The van der Waals surface area contributed by atoms with E-state index in [1.54, 1.807) is 23.1 Å². The highest BCUT2D eigenvalue weighted by molar-refractivity contribution is 8.00. The highest BCUT2D eigenvalue weighted by atomic mass is 32.2. The van der Waals surface area contributed by atoms with Crippen LogP contribution >= 0.6 is 23.1 Å². The van der Waals surface area contributed by atoms with Gasteiger partial charge in [-0.15, -0.1) is 23.1 Å². The van der Waals surface area contributed by atoms with Gasteiger partial charge >= 0.3 is 0 Å². The number of nitrogens with zero attached hydrogens (tertiary/aromatic N) is 3. The molecule has 1 aliphatic rings. The monoisotopic (exact) mass is 351 g/mol. The van der Waals surface area contributed by atoms with Crippen molar-refractivity contribution < 1.29 is 9.32 Å². The van der Waals surface area contributed by atoms with E-state index in [1.165, 1.54) is 4.21 Å². The number of carbonyl (C=O) groups excluding carboxylic acids is 1. The summed E-state index contributed by atoms with van der Waals surface area (Å²) in [6.45, 7) is 6.13. The molecule has 0 unspecified atom stereocenters. The fourth-order valence-corrected chi connectivity index (χ4v) is 4.27. The summed E-state index contributed by atoms with van der Waals surface area (Å²) in [5, 5.41) is 4.06. The average molecular weight is 351 g/mol. The Labute approximate surface area is 144 Å². The summed E-state index contributed by atoms with van der Waals surface area (Å²) in [5.74, 6) is 1.00. The smallest absolute Gasteiger partial charge is 0.264 e. The van der Waals surface area contributed by atoms with Gasteiger partial charge in [0.2, 0.25) is 0 Å². The van der Waals surface area contributed by atoms with Crippen molar-refractivity contribution in [2.75, 3.05) is 32.4 Å². The SMILES string of the molecule is CSc1ccc(C(=O)N2CCCN(Cc3cc(C)on3)CC2)s1. The Kier molecular flexibility index (Phi) is 5.40. The van der Waals surface area contributed by atoms with Gasteiger partial charge in [0, 0.05) is 38.8 Å². The van der Waals surface area contributed by atoms with Crippen LogP contribution in [0.3, 0.4) is 0 Å². The lowest BCUT2D eigenvalue weighted by atomic mass is 10.3. The zero-order chi connectivity index (χ0) is 16.2. The highest BCUT2D eigenvalue weighted by Crippen LogP contribution is 2.26. The molecule has 5 nitrogen and oxygen atoms in total.